The number of hydrogen-bond donors (Lipinski definition) is 1. The van der Waals surface area contributed by atoms with Crippen molar-refractivity contribution in [3.63, 3.8) is 0 Å². The molecule has 1 aliphatic rings. The summed E-state index contributed by atoms with van der Waals surface area (Å²) in [5.74, 6) is 0.795. The Balaban J connectivity index is 2.24. The standard InChI is InChI=1S/C26H39NO3SSi/c1-8-32(9-2,10-3)30-26(21-16-12-11-13-17-21)20-25(26,27-31(28)24(4,5)6)22-18-14-15-19-23(22)29-7/h11-19,27H,8-10,20H2,1-7H3/t25-,26+,31-/m1/s1. The zero-order chi connectivity index (χ0) is 23.6. The molecule has 0 aliphatic heterocycles. The predicted molar refractivity (Wildman–Crippen MR) is 137 cm³/mol. The molecule has 176 valence electrons. The van der Waals surface area contributed by atoms with Crippen LogP contribution in [0.5, 0.6) is 5.75 Å². The molecule has 0 aromatic heterocycles. The van der Waals surface area contributed by atoms with E-state index in [2.05, 4.69) is 55.8 Å². The lowest BCUT2D eigenvalue weighted by molar-refractivity contribution is 0.130. The van der Waals surface area contributed by atoms with Crippen molar-refractivity contribution in [2.24, 2.45) is 0 Å². The summed E-state index contributed by atoms with van der Waals surface area (Å²) in [5, 5.41) is 0. The summed E-state index contributed by atoms with van der Waals surface area (Å²) in [6.45, 7) is 12.8. The number of methoxy groups -OCH3 is 1. The molecular weight excluding hydrogens is 434 g/mol. The van der Waals surface area contributed by atoms with Crippen LogP contribution in [0.3, 0.4) is 0 Å². The van der Waals surface area contributed by atoms with Crippen molar-refractivity contribution in [1.29, 1.82) is 0 Å². The average molecular weight is 474 g/mol. The quantitative estimate of drug-likeness (QED) is 0.414. The summed E-state index contributed by atoms with van der Waals surface area (Å²) < 4.78 is 29.8. The second kappa shape index (κ2) is 9.41. The zero-order valence-corrected chi connectivity index (χ0v) is 22.5. The SMILES string of the molecule is CC[Si](CC)(CC)O[C@]1(c2ccccc2)C[C@@]1(N[S@](=O)C(C)(C)C)c1ccccc1OC. The van der Waals surface area contributed by atoms with Gasteiger partial charge in [-0.25, -0.2) is 8.93 Å². The van der Waals surface area contributed by atoms with Gasteiger partial charge in [0.1, 0.15) is 11.4 Å². The molecular formula is C26H39NO3SSi. The minimum atomic E-state index is -2.00. The summed E-state index contributed by atoms with van der Waals surface area (Å²) >= 11 is 0. The lowest BCUT2D eigenvalue weighted by Crippen LogP contribution is -2.49. The molecule has 2 aromatic rings. The van der Waals surface area contributed by atoms with Crippen LogP contribution in [-0.4, -0.2) is 24.4 Å². The molecule has 1 saturated carbocycles. The van der Waals surface area contributed by atoms with Crippen LogP contribution in [0.25, 0.3) is 0 Å². The molecule has 0 radical (unpaired) electrons. The first-order chi connectivity index (χ1) is 15.1. The van der Waals surface area contributed by atoms with E-state index in [0.717, 1.165) is 41.4 Å². The van der Waals surface area contributed by atoms with Crippen molar-refractivity contribution in [1.82, 2.24) is 4.72 Å². The van der Waals surface area contributed by atoms with E-state index in [1.54, 1.807) is 7.11 Å². The van der Waals surface area contributed by atoms with Gasteiger partial charge >= 0.3 is 0 Å². The van der Waals surface area contributed by atoms with Crippen LogP contribution < -0.4 is 9.46 Å². The Labute approximate surface area is 197 Å². The van der Waals surface area contributed by atoms with Gasteiger partial charge in [-0.05, 0) is 50.5 Å². The smallest absolute Gasteiger partial charge is 0.193 e. The number of para-hydroxylation sites is 1. The Morgan fingerprint density at radius 3 is 2.06 bits per heavy atom. The first-order valence-corrected chi connectivity index (χ1v) is 15.4. The first kappa shape index (κ1) is 25.2. The lowest BCUT2D eigenvalue weighted by atomic mass is 9.96. The van der Waals surface area contributed by atoms with Gasteiger partial charge in [-0.3, -0.25) is 0 Å². The topological polar surface area (TPSA) is 47.6 Å². The Hall–Kier alpha value is -1.47. The molecule has 0 saturated heterocycles. The lowest BCUT2D eigenvalue weighted by Gasteiger charge is -2.38. The van der Waals surface area contributed by atoms with Crippen LogP contribution in [0.1, 0.15) is 59.1 Å². The fourth-order valence-corrected chi connectivity index (χ4v) is 8.70. The second-order valence-electron chi connectivity index (χ2n) is 9.80. The van der Waals surface area contributed by atoms with Crippen molar-refractivity contribution in [3.8, 4) is 5.75 Å². The van der Waals surface area contributed by atoms with Gasteiger partial charge in [-0.2, -0.15) is 0 Å². The van der Waals surface area contributed by atoms with Crippen LogP contribution >= 0.6 is 0 Å². The molecule has 4 nitrogen and oxygen atoms in total. The van der Waals surface area contributed by atoms with Gasteiger partial charge in [0.15, 0.2) is 8.32 Å². The van der Waals surface area contributed by atoms with Gasteiger partial charge in [-0.1, -0.05) is 69.3 Å². The fourth-order valence-electron chi connectivity index (χ4n) is 4.70. The van der Waals surface area contributed by atoms with E-state index in [-0.39, 0.29) is 0 Å². The van der Waals surface area contributed by atoms with Gasteiger partial charge in [0.25, 0.3) is 0 Å². The minimum Gasteiger partial charge on any atom is -0.496 e. The van der Waals surface area contributed by atoms with Crippen molar-refractivity contribution in [2.45, 2.75) is 82.0 Å². The number of rotatable bonds is 10. The Kier molecular flexibility index (Phi) is 7.40. The highest BCUT2D eigenvalue weighted by Crippen LogP contribution is 2.67. The third-order valence-electron chi connectivity index (χ3n) is 7.03. The number of benzene rings is 2. The molecule has 32 heavy (non-hydrogen) atoms. The van der Waals surface area contributed by atoms with E-state index >= 15 is 0 Å². The van der Waals surface area contributed by atoms with Gasteiger partial charge < -0.3 is 9.16 Å². The normalized spacial score (nSPS) is 24.2. The summed E-state index contributed by atoms with van der Waals surface area (Å²) in [6, 6.07) is 21.7. The Morgan fingerprint density at radius 2 is 1.53 bits per heavy atom. The molecule has 0 unspecified atom stereocenters. The van der Waals surface area contributed by atoms with Crippen LogP contribution in [0, 0.1) is 0 Å². The molecule has 6 heteroatoms. The molecule has 2 aromatic carbocycles. The highest BCUT2D eigenvalue weighted by molar-refractivity contribution is 7.84. The second-order valence-corrected chi connectivity index (χ2v) is 16.5. The summed E-state index contributed by atoms with van der Waals surface area (Å²) in [4.78, 5) is 0. The van der Waals surface area contributed by atoms with Crippen LogP contribution in [0.15, 0.2) is 54.6 Å². The van der Waals surface area contributed by atoms with Crippen molar-refractivity contribution >= 4 is 19.3 Å². The molecule has 1 N–H and O–H groups in total. The third-order valence-corrected chi connectivity index (χ3v) is 13.3. The molecule has 0 spiro atoms. The predicted octanol–water partition coefficient (Wildman–Crippen LogP) is 6.26. The molecule has 0 bridgehead atoms. The van der Waals surface area contributed by atoms with E-state index in [1.807, 2.05) is 45.0 Å². The largest absolute Gasteiger partial charge is 0.496 e. The van der Waals surface area contributed by atoms with Crippen molar-refractivity contribution in [3.05, 3.63) is 65.7 Å². The highest BCUT2D eigenvalue weighted by atomic mass is 32.2. The number of hydrogen-bond acceptors (Lipinski definition) is 3. The monoisotopic (exact) mass is 473 g/mol. The van der Waals surface area contributed by atoms with Crippen LogP contribution in [0.4, 0.5) is 0 Å². The number of ether oxygens (including phenoxy) is 1. The van der Waals surface area contributed by atoms with Crippen LogP contribution in [-0.2, 0) is 26.6 Å². The van der Waals surface area contributed by atoms with Crippen molar-refractivity contribution in [2.75, 3.05) is 7.11 Å². The molecule has 1 aliphatic carbocycles. The fraction of sp³-hybridized carbons (Fsp3) is 0.538. The Morgan fingerprint density at radius 1 is 0.969 bits per heavy atom. The van der Waals surface area contributed by atoms with Crippen LogP contribution in [0.2, 0.25) is 18.1 Å². The van der Waals surface area contributed by atoms with Gasteiger partial charge in [-0.15, -0.1) is 0 Å². The maximum atomic E-state index is 13.5. The van der Waals surface area contributed by atoms with Gasteiger partial charge in [0.05, 0.1) is 28.4 Å². The van der Waals surface area contributed by atoms with Gasteiger partial charge in [0, 0.05) is 12.0 Å². The summed E-state index contributed by atoms with van der Waals surface area (Å²) in [6.07, 6.45) is 0.723. The average Bonchev–Trinajstić information content (AvgIpc) is 3.45. The van der Waals surface area contributed by atoms with E-state index in [4.69, 9.17) is 9.16 Å². The third kappa shape index (κ3) is 4.35. The van der Waals surface area contributed by atoms with Gasteiger partial charge in [0.2, 0.25) is 0 Å². The maximum absolute atomic E-state index is 13.5. The van der Waals surface area contributed by atoms with Crippen molar-refractivity contribution < 1.29 is 13.4 Å². The highest BCUT2D eigenvalue weighted by Gasteiger charge is 2.73. The van der Waals surface area contributed by atoms with E-state index in [0.29, 0.717) is 0 Å². The van der Waals surface area contributed by atoms with E-state index in [9.17, 15) is 4.21 Å². The molecule has 3 rings (SSSR count). The molecule has 1 fully saturated rings. The summed E-state index contributed by atoms with van der Waals surface area (Å²) in [7, 11) is -1.58. The summed E-state index contributed by atoms with van der Waals surface area (Å²) in [5.41, 5.74) is 0.932. The minimum absolute atomic E-state index is 0.408. The van der Waals surface area contributed by atoms with E-state index in [1.165, 1.54) is 0 Å². The maximum Gasteiger partial charge on any atom is 0.193 e. The Bertz CT molecular complexity index is 933. The molecule has 3 atom stereocenters. The first-order valence-electron chi connectivity index (χ1n) is 11.7. The molecule has 0 heterocycles. The molecule has 0 amide bonds. The van der Waals surface area contributed by atoms with E-state index < -0.39 is 35.2 Å². The zero-order valence-electron chi connectivity index (χ0n) is 20.7. The number of nitrogens with one attached hydrogen (secondary N) is 1.